The fourth-order valence-corrected chi connectivity index (χ4v) is 2.39. The SMILES string of the molecule is CCOCCOc1cccc(NC(=S)NC(=O)c2cccc(Cl)c2)c1. The van der Waals surface area contributed by atoms with E-state index >= 15 is 0 Å². The third-order valence-electron chi connectivity index (χ3n) is 3.11. The first-order chi connectivity index (χ1) is 12.1. The Morgan fingerprint density at radius 2 is 1.96 bits per heavy atom. The lowest BCUT2D eigenvalue weighted by molar-refractivity contribution is 0.0977. The van der Waals surface area contributed by atoms with Gasteiger partial charge in [-0.25, -0.2) is 0 Å². The van der Waals surface area contributed by atoms with Gasteiger partial charge in [-0.15, -0.1) is 0 Å². The molecule has 0 bridgehead atoms. The summed E-state index contributed by atoms with van der Waals surface area (Å²) < 4.78 is 10.8. The van der Waals surface area contributed by atoms with Crippen LogP contribution >= 0.6 is 23.8 Å². The number of rotatable bonds is 7. The number of carbonyl (C=O) groups excluding carboxylic acids is 1. The highest BCUT2D eigenvalue weighted by molar-refractivity contribution is 7.80. The van der Waals surface area contributed by atoms with Crippen molar-refractivity contribution >= 4 is 40.5 Å². The van der Waals surface area contributed by atoms with Crippen molar-refractivity contribution in [3.05, 3.63) is 59.1 Å². The molecule has 0 aliphatic carbocycles. The van der Waals surface area contributed by atoms with Crippen LogP contribution in [0.2, 0.25) is 5.02 Å². The van der Waals surface area contributed by atoms with Crippen molar-refractivity contribution < 1.29 is 14.3 Å². The van der Waals surface area contributed by atoms with E-state index in [4.69, 9.17) is 33.3 Å². The van der Waals surface area contributed by atoms with Crippen LogP contribution in [0.1, 0.15) is 17.3 Å². The minimum absolute atomic E-state index is 0.191. The van der Waals surface area contributed by atoms with Crippen molar-refractivity contribution in [1.29, 1.82) is 0 Å². The summed E-state index contributed by atoms with van der Waals surface area (Å²) in [6.07, 6.45) is 0. The molecule has 7 heteroatoms. The van der Waals surface area contributed by atoms with Gasteiger partial charge in [0.05, 0.1) is 6.61 Å². The fraction of sp³-hybridized carbons (Fsp3) is 0.222. The van der Waals surface area contributed by atoms with Crippen LogP contribution in [0.15, 0.2) is 48.5 Å². The number of carbonyl (C=O) groups is 1. The molecule has 5 nitrogen and oxygen atoms in total. The van der Waals surface area contributed by atoms with Gasteiger partial charge in [-0.3, -0.25) is 10.1 Å². The minimum Gasteiger partial charge on any atom is -0.491 e. The zero-order valence-electron chi connectivity index (χ0n) is 13.8. The Bertz CT molecular complexity index is 740. The maximum Gasteiger partial charge on any atom is 0.257 e. The molecule has 0 atom stereocenters. The van der Waals surface area contributed by atoms with Gasteiger partial charge in [0, 0.05) is 28.9 Å². The lowest BCUT2D eigenvalue weighted by Gasteiger charge is -2.11. The molecule has 2 aromatic carbocycles. The molecule has 2 aromatic rings. The molecule has 0 spiro atoms. The van der Waals surface area contributed by atoms with E-state index in [1.54, 1.807) is 30.3 Å². The second-order valence-corrected chi connectivity index (χ2v) is 5.84. The number of thiocarbonyl (C=S) groups is 1. The highest BCUT2D eigenvalue weighted by Crippen LogP contribution is 2.17. The van der Waals surface area contributed by atoms with Gasteiger partial charge in [-0.2, -0.15) is 0 Å². The molecule has 0 fully saturated rings. The first-order valence-corrected chi connectivity index (χ1v) is 8.55. The maximum atomic E-state index is 12.1. The molecule has 0 saturated heterocycles. The monoisotopic (exact) mass is 378 g/mol. The van der Waals surface area contributed by atoms with E-state index in [1.165, 1.54) is 0 Å². The summed E-state index contributed by atoms with van der Waals surface area (Å²) in [5.74, 6) is 0.359. The van der Waals surface area contributed by atoms with Crippen molar-refractivity contribution in [3.63, 3.8) is 0 Å². The smallest absolute Gasteiger partial charge is 0.257 e. The summed E-state index contributed by atoms with van der Waals surface area (Å²) in [5.41, 5.74) is 1.15. The van der Waals surface area contributed by atoms with E-state index in [9.17, 15) is 4.79 Å². The Kier molecular flexibility index (Phi) is 7.66. The van der Waals surface area contributed by atoms with Gasteiger partial charge < -0.3 is 14.8 Å². The summed E-state index contributed by atoms with van der Waals surface area (Å²) in [4.78, 5) is 12.1. The number of benzene rings is 2. The third-order valence-corrected chi connectivity index (χ3v) is 3.55. The van der Waals surface area contributed by atoms with Crippen molar-refractivity contribution in [2.75, 3.05) is 25.1 Å². The van der Waals surface area contributed by atoms with Crippen LogP contribution in [0, 0.1) is 0 Å². The first kappa shape index (κ1) is 19.2. The second-order valence-electron chi connectivity index (χ2n) is 4.99. The summed E-state index contributed by atoms with van der Waals surface area (Å²) in [6.45, 7) is 3.59. The zero-order chi connectivity index (χ0) is 18.1. The predicted molar refractivity (Wildman–Crippen MR) is 104 cm³/mol. The number of hydrogen-bond donors (Lipinski definition) is 2. The van der Waals surface area contributed by atoms with Gasteiger partial charge in [0.1, 0.15) is 12.4 Å². The van der Waals surface area contributed by atoms with Crippen LogP contribution in [-0.2, 0) is 4.74 Å². The van der Waals surface area contributed by atoms with E-state index in [1.807, 2.05) is 25.1 Å². The standard InChI is InChI=1S/C18H19ClN2O3S/c1-2-23-9-10-24-16-8-4-7-15(12-16)20-18(25)21-17(22)13-5-3-6-14(19)11-13/h3-8,11-12H,2,9-10H2,1H3,(H2,20,21,22,25). The van der Waals surface area contributed by atoms with Gasteiger partial charge in [0.25, 0.3) is 5.91 Å². The molecule has 0 saturated carbocycles. The maximum absolute atomic E-state index is 12.1. The predicted octanol–water partition coefficient (Wildman–Crippen LogP) is 3.88. The van der Waals surface area contributed by atoms with Crippen molar-refractivity contribution in [2.45, 2.75) is 6.92 Å². The van der Waals surface area contributed by atoms with E-state index in [0.29, 0.717) is 41.8 Å². The van der Waals surface area contributed by atoms with Crippen LogP contribution < -0.4 is 15.4 Å². The summed E-state index contributed by atoms with van der Waals surface area (Å²) >= 11 is 11.1. The number of nitrogens with one attached hydrogen (secondary N) is 2. The van der Waals surface area contributed by atoms with Gasteiger partial charge in [-0.05, 0) is 49.5 Å². The summed E-state index contributed by atoms with van der Waals surface area (Å²) in [6, 6.07) is 13.9. The Morgan fingerprint density at radius 3 is 2.72 bits per heavy atom. The highest BCUT2D eigenvalue weighted by atomic mass is 35.5. The Balaban J connectivity index is 1.88. The number of halogens is 1. The largest absolute Gasteiger partial charge is 0.491 e. The molecule has 0 aromatic heterocycles. The lowest BCUT2D eigenvalue weighted by atomic mass is 10.2. The van der Waals surface area contributed by atoms with Gasteiger partial charge in [-0.1, -0.05) is 23.7 Å². The van der Waals surface area contributed by atoms with Gasteiger partial charge in [0.15, 0.2) is 5.11 Å². The molecule has 2 N–H and O–H groups in total. The van der Waals surface area contributed by atoms with Crippen LogP contribution in [0.5, 0.6) is 5.75 Å². The van der Waals surface area contributed by atoms with E-state index in [2.05, 4.69) is 10.6 Å². The summed E-state index contributed by atoms with van der Waals surface area (Å²) in [5, 5.41) is 6.25. The number of ether oxygens (including phenoxy) is 2. The number of anilines is 1. The fourth-order valence-electron chi connectivity index (χ4n) is 1.99. The Labute approximate surface area is 157 Å². The third kappa shape index (κ3) is 6.70. The van der Waals surface area contributed by atoms with Gasteiger partial charge >= 0.3 is 0 Å². The molecule has 132 valence electrons. The molecule has 0 aliphatic heterocycles. The molecule has 0 aliphatic rings. The molecular weight excluding hydrogens is 360 g/mol. The average molecular weight is 379 g/mol. The topological polar surface area (TPSA) is 59.6 Å². The molecule has 2 rings (SSSR count). The minimum atomic E-state index is -0.330. The molecule has 25 heavy (non-hydrogen) atoms. The average Bonchev–Trinajstić information content (AvgIpc) is 2.59. The second kappa shape index (κ2) is 9.98. The van der Waals surface area contributed by atoms with E-state index in [-0.39, 0.29) is 11.0 Å². The quantitative estimate of drug-likeness (QED) is 0.565. The van der Waals surface area contributed by atoms with E-state index in [0.717, 1.165) is 0 Å². The molecule has 0 heterocycles. The van der Waals surface area contributed by atoms with Crippen LogP contribution in [-0.4, -0.2) is 30.8 Å². The van der Waals surface area contributed by atoms with Crippen molar-refractivity contribution in [1.82, 2.24) is 5.32 Å². The van der Waals surface area contributed by atoms with Crippen molar-refractivity contribution in [3.8, 4) is 5.75 Å². The first-order valence-electron chi connectivity index (χ1n) is 7.77. The summed E-state index contributed by atoms with van der Waals surface area (Å²) in [7, 11) is 0. The Morgan fingerprint density at radius 1 is 1.16 bits per heavy atom. The number of hydrogen-bond acceptors (Lipinski definition) is 4. The van der Waals surface area contributed by atoms with Gasteiger partial charge in [0.2, 0.25) is 0 Å². The Hall–Kier alpha value is -2.15. The highest BCUT2D eigenvalue weighted by Gasteiger charge is 2.08. The van der Waals surface area contributed by atoms with E-state index < -0.39 is 0 Å². The lowest BCUT2D eigenvalue weighted by Crippen LogP contribution is -2.34. The normalized spacial score (nSPS) is 10.2. The van der Waals surface area contributed by atoms with Crippen LogP contribution in [0.4, 0.5) is 5.69 Å². The molecular formula is C18H19ClN2O3S. The zero-order valence-corrected chi connectivity index (χ0v) is 15.3. The molecule has 0 radical (unpaired) electrons. The molecule has 0 unspecified atom stereocenters. The van der Waals surface area contributed by atoms with Crippen molar-refractivity contribution in [2.24, 2.45) is 0 Å². The van der Waals surface area contributed by atoms with Crippen LogP contribution in [0.25, 0.3) is 0 Å². The van der Waals surface area contributed by atoms with Crippen LogP contribution in [0.3, 0.4) is 0 Å². The number of amides is 1. The molecule has 1 amide bonds.